The zero-order valence-electron chi connectivity index (χ0n) is 12.1. The highest BCUT2D eigenvalue weighted by molar-refractivity contribution is 7.98. The summed E-state index contributed by atoms with van der Waals surface area (Å²) >= 11 is 1.47. The average Bonchev–Trinajstić information content (AvgIpc) is 2.69. The Morgan fingerprint density at radius 2 is 2.00 bits per heavy atom. The Bertz CT molecular complexity index is 586. The molecule has 0 radical (unpaired) electrons. The molecule has 20 heavy (non-hydrogen) atoms. The van der Waals surface area contributed by atoms with E-state index in [0.717, 1.165) is 17.2 Å². The zero-order valence-corrected chi connectivity index (χ0v) is 12.9. The van der Waals surface area contributed by atoms with Crippen molar-refractivity contribution in [1.29, 1.82) is 0 Å². The van der Waals surface area contributed by atoms with Gasteiger partial charge in [0, 0.05) is 30.9 Å². The van der Waals surface area contributed by atoms with Gasteiger partial charge in [-0.15, -0.1) is 0 Å². The van der Waals surface area contributed by atoms with Gasteiger partial charge < -0.3 is 10.7 Å². The van der Waals surface area contributed by atoms with Gasteiger partial charge in [-0.05, 0) is 20.1 Å². The van der Waals surface area contributed by atoms with Crippen LogP contribution in [0.25, 0.3) is 0 Å². The van der Waals surface area contributed by atoms with Crippen molar-refractivity contribution in [3.8, 4) is 0 Å². The van der Waals surface area contributed by atoms with Crippen molar-refractivity contribution in [2.24, 2.45) is 12.9 Å². The first-order valence-electron chi connectivity index (χ1n) is 6.17. The number of thioether (sulfide) groups is 1. The molecule has 0 unspecified atom stereocenters. The van der Waals surface area contributed by atoms with Crippen molar-refractivity contribution in [2.75, 3.05) is 17.0 Å². The van der Waals surface area contributed by atoms with Crippen molar-refractivity contribution in [3.63, 3.8) is 0 Å². The lowest BCUT2D eigenvalue weighted by atomic mass is 10.2. The van der Waals surface area contributed by atoms with Gasteiger partial charge in [-0.1, -0.05) is 11.8 Å². The van der Waals surface area contributed by atoms with Gasteiger partial charge in [0.2, 0.25) is 0 Å². The van der Waals surface area contributed by atoms with E-state index in [1.807, 2.05) is 24.9 Å². The Morgan fingerprint density at radius 1 is 1.30 bits per heavy atom. The van der Waals surface area contributed by atoms with Crippen LogP contribution in [-0.4, -0.2) is 26.0 Å². The van der Waals surface area contributed by atoms with E-state index < -0.39 is 0 Å². The van der Waals surface area contributed by atoms with E-state index in [1.165, 1.54) is 17.3 Å². The van der Waals surface area contributed by atoms with Crippen LogP contribution in [0.1, 0.15) is 17.0 Å². The van der Waals surface area contributed by atoms with Crippen LogP contribution in [0.4, 0.5) is 11.6 Å². The first kappa shape index (κ1) is 14.6. The topological polar surface area (TPSA) is 93.7 Å². The van der Waals surface area contributed by atoms with Crippen LogP contribution in [0.5, 0.6) is 0 Å². The SMILES string of the molecule is CSc1nc(NN)cc(NCc2c(C)nn(C)c2C)n1. The van der Waals surface area contributed by atoms with Crippen molar-refractivity contribution in [2.45, 2.75) is 25.5 Å². The van der Waals surface area contributed by atoms with E-state index in [-0.39, 0.29) is 0 Å². The minimum atomic E-state index is 0.589. The second-order valence-corrected chi connectivity index (χ2v) is 5.17. The monoisotopic (exact) mass is 293 g/mol. The number of aryl methyl sites for hydroxylation is 2. The van der Waals surface area contributed by atoms with Crippen molar-refractivity contribution < 1.29 is 0 Å². The molecule has 0 atom stereocenters. The number of nitrogens with one attached hydrogen (secondary N) is 2. The summed E-state index contributed by atoms with van der Waals surface area (Å²) in [6.45, 7) is 4.72. The molecule has 2 rings (SSSR count). The van der Waals surface area contributed by atoms with Crippen molar-refractivity contribution >= 4 is 23.4 Å². The maximum atomic E-state index is 5.41. The fourth-order valence-electron chi connectivity index (χ4n) is 1.93. The Kier molecular flexibility index (Phi) is 4.46. The molecule has 0 aliphatic carbocycles. The summed E-state index contributed by atoms with van der Waals surface area (Å²) in [4.78, 5) is 8.62. The normalized spacial score (nSPS) is 10.7. The molecule has 0 fully saturated rings. The van der Waals surface area contributed by atoms with Crippen LogP contribution in [0, 0.1) is 13.8 Å². The van der Waals surface area contributed by atoms with Gasteiger partial charge in [-0.25, -0.2) is 15.8 Å². The second kappa shape index (κ2) is 6.10. The quantitative estimate of drug-likeness (QED) is 0.332. The van der Waals surface area contributed by atoms with Gasteiger partial charge in [0.15, 0.2) is 5.16 Å². The van der Waals surface area contributed by atoms with Crippen LogP contribution in [0.15, 0.2) is 11.2 Å². The highest BCUT2D eigenvalue weighted by Crippen LogP contribution is 2.18. The molecule has 0 aromatic carbocycles. The summed E-state index contributed by atoms with van der Waals surface area (Å²) in [7, 11) is 1.94. The number of nitrogen functional groups attached to an aromatic ring is 1. The molecule has 0 bridgehead atoms. The Morgan fingerprint density at radius 3 is 2.55 bits per heavy atom. The molecule has 0 aliphatic heterocycles. The van der Waals surface area contributed by atoms with Crippen LogP contribution >= 0.6 is 11.8 Å². The molecule has 2 heterocycles. The molecule has 0 aliphatic rings. The van der Waals surface area contributed by atoms with Crippen molar-refractivity contribution in [1.82, 2.24) is 19.7 Å². The fraction of sp³-hybridized carbons (Fsp3) is 0.417. The summed E-state index contributed by atoms with van der Waals surface area (Å²) < 4.78 is 1.88. The first-order valence-corrected chi connectivity index (χ1v) is 7.40. The predicted molar refractivity (Wildman–Crippen MR) is 81.6 cm³/mol. The number of hydrazine groups is 1. The number of nitrogens with two attached hydrogens (primary N) is 1. The minimum Gasteiger partial charge on any atom is -0.366 e. The third kappa shape index (κ3) is 3.02. The molecule has 2 aromatic heterocycles. The van der Waals surface area contributed by atoms with E-state index in [2.05, 4.69) is 32.7 Å². The molecule has 0 spiro atoms. The molecule has 4 N–H and O–H groups in total. The molecule has 8 heteroatoms. The number of nitrogens with zero attached hydrogens (tertiary/aromatic N) is 4. The maximum Gasteiger partial charge on any atom is 0.191 e. The number of rotatable bonds is 5. The summed E-state index contributed by atoms with van der Waals surface area (Å²) in [5, 5.41) is 8.36. The van der Waals surface area contributed by atoms with Crippen LogP contribution in [-0.2, 0) is 13.6 Å². The third-order valence-electron chi connectivity index (χ3n) is 3.14. The summed E-state index contributed by atoms with van der Waals surface area (Å²) in [6.07, 6.45) is 1.93. The van der Waals surface area contributed by atoms with Gasteiger partial charge in [0.05, 0.1) is 5.69 Å². The summed E-state index contributed by atoms with van der Waals surface area (Å²) in [6, 6.07) is 1.78. The maximum absolute atomic E-state index is 5.41. The number of aromatic nitrogens is 4. The Labute approximate surface area is 122 Å². The molecule has 0 amide bonds. The number of anilines is 2. The molecule has 0 saturated carbocycles. The van der Waals surface area contributed by atoms with Crippen LogP contribution < -0.4 is 16.6 Å². The standard InChI is InChI=1S/C12H19N7S/c1-7-9(8(2)19(3)18-7)6-14-10-5-11(17-13)16-12(15-10)20-4/h5H,6,13H2,1-4H3,(H2,14,15,16,17). The van der Waals surface area contributed by atoms with Crippen LogP contribution in [0.3, 0.4) is 0 Å². The zero-order chi connectivity index (χ0) is 14.7. The molecular weight excluding hydrogens is 274 g/mol. The van der Waals surface area contributed by atoms with Gasteiger partial charge in [0.25, 0.3) is 0 Å². The highest BCUT2D eigenvalue weighted by Gasteiger charge is 2.10. The minimum absolute atomic E-state index is 0.589. The van der Waals surface area contributed by atoms with Gasteiger partial charge in [-0.2, -0.15) is 5.10 Å². The Hall–Kier alpha value is -1.80. The lowest BCUT2D eigenvalue weighted by Crippen LogP contribution is -2.11. The molecule has 7 nitrogen and oxygen atoms in total. The van der Waals surface area contributed by atoms with E-state index in [0.29, 0.717) is 17.5 Å². The molecule has 0 saturated heterocycles. The largest absolute Gasteiger partial charge is 0.366 e. The van der Waals surface area contributed by atoms with Crippen LogP contribution in [0.2, 0.25) is 0 Å². The van der Waals surface area contributed by atoms with Gasteiger partial charge in [-0.3, -0.25) is 4.68 Å². The average molecular weight is 293 g/mol. The smallest absolute Gasteiger partial charge is 0.191 e. The van der Waals surface area contributed by atoms with Gasteiger partial charge in [0.1, 0.15) is 11.6 Å². The molecule has 108 valence electrons. The fourth-order valence-corrected chi connectivity index (χ4v) is 2.31. The Balaban J connectivity index is 2.18. The third-order valence-corrected chi connectivity index (χ3v) is 3.69. The lowest BCUT2D eigenvalue weighted by Gasteiger charge is -2.09. The summed E-state index contributed by atoms with van der Waals surface area (Å²) in [5.74, 6) is 6.74. The van der Waals surface area contributed by atoms with Gasteiger partial charge >= 0.3 is 0 Å². The van der Waals surface area contributed by atoms with E-state index in [9.17, 15) is 0 Å². The summed E-state index contributed by atoms with van der Waals surface area (Å²) in [5.41, 5.74) is 5.89. The van der Waals surface area contributed by atoms with E-state index >= 15 is 0 Å². The highest BCUT2D eigenvalue weighted by atomic mass is 32.2. The van der Waals surface area contributed by atoms with E-state index in [4.69, 9.17) is 5.84 Å². The first-order chi connectivity index (χ1) is 9.55. The number of hydrogen-bond donors (Lipinski definition) is 3. The van der Waals surface area contributed by atoms with Crippen molar-refractivity contribution in [3.05, 3.63) is 23.0 Å². The molecular formula is C12H19N7S. The number of hydrogen-bond acceptors (Lipinski definition) is 7. The predicted octanol–water partition coefficient (Wildman–Crippen LogP) is 1.45. The lowest BCUT2D eigenvalue weighted by molar-refractivity contribution is 0.730. The molecule has 2 aromatic rings. The second-order valence-electron chi connectivity index (χ2n) is 4.40. The van der Waals surface area contributed by atoms with E-state index in [1.54, 1.807) is 6.07 Å².